The standard InChI is InChI=1S/C51H34N5S.Ir/c1-51(2)42-21-10-9-20-38(42)39-29-41-40-27-34(37-28-47(57-31-37)36-19-13-18-35(26-36)44-22-11-12-25-52-44)23-24-45(40)56(46(41)30-43(39)51)50-54-48(32-14-5-3-6-15-32)53-49(55-50)33-16-7-4-8-17-33;/h3-17,19-31H,1-2H3;/q-1;. The third-order valence-corrected chi connectivity index (χ3v) is 12.3. The van der Waals surface area contributed by atoms with Gasteiger partial charge in [0.05, 0.1) is 11.0 Å². The Morgan fingerprint density at radius 3 is 2.00 bits per heavy atom. The van der Waals surface area contributed by atoms with Gasteiger partial charge in [-0.3, -0.25) is 4.57 Å². The topological polar surface area (TPSA) is 56.5 Å². The number of benzene rings is 6. The molecule has 5 nitrogen and oxygen atoms in total. The van der Waals surface area contributed by atoms with Crippen LogP contribution in [0, 0.1) is 6.07 Å². The maximum atomic E-state index is 5.22. The molecule has 0 atom stereocenters. The van der Waals surface area contributed by atoms with Gasteiger partial charge >= 0.3 is 0 Å². The zero-order chi connectivity index (χ0) is 38.1. The Bertz CT molecular complexity index is 3100. The summed E-state index contributed by atoms with van der Waals surface area (Å²) in [5, 5.41) is 4.57. The van der Waals surface area contributed by atoms with E-state index in [0.717, 1.165) is 55.3 Å². The first-order valence-corrected chi connectivity index (χ1v) is 20.0. The van der Waals surface area contributed by atoms with Crippen LogP contribution in [0.5, 0.6) is 0 Å². The van der Waals surface area contributed by atoms with Crippen LogP contribution in [-0.2, 0) is 25.5 Å². The van der Waals surface area contributed by atoms with Crippen molar-refractivity contribution >= 4 is 33.1 Å². The summed E-state index contributed by atoms with van der Waals surface area (Å²) in [6.45, 7) is 4.66. The molecule has 0 unspecified atom stereocenters. The van der Waals surface area contributed by atoms with E-state index in [9.17, 15) is 0 Å². The van der Waals surface area contributed by atoms with E-state index in [-0.39, 0.29) is 25.5 Å². The van der Waals surface area contributed by atoms with E-state index in [1.54, 1.807) is 11.3 Å². The van der Waals surface area contributed by atoms with Gasteiger partial charge in [0.15, 0.2) is 11.6 Å². The number of hydrogen-bond acceptors (Lipinski definition) is 5. The zero-order valence-electron chi connectivity index (χ0n) is 31.6. The molecule has 0 bridgehead atoms. The summed E-state index contributed by atoms with van der Waals surface area (Å²) < 4.78 is 2.24. The monoisotopic (exact) mass is 941 g/mol. The molecule has 0 fully saturated rings. The van der Waals surface area contributed by atoms with E-state index in [1.165, 1.54) is 32.7 Å². The van der Waals surface area contributed by atoms with Crippen molar-refractivity contribution in [1.29, 1.82) is 0 Å². The predicted octanol–water partition coefficient (Wildman–Crippen LogP) is 12.9. The van der Waals surface area contributed by atoms with E-state index in [2.05, 4.69) is 132 Å². The summed E-state index contributed by atoms with van der Waals surface area (Å²) >= 11 is 1.75. The van der Waals surface area contributed by atoms with E-state index < -0.39 is 0 Å². The molecule has 1 aliphatic rings. The number of pyridine rings is 1. The summed E-state index contributed by atoms with van der Waals surface area (Å²) in [5.41, 5.74) is 14.4. The molecule has 6 aromatic carbocycles. The van der Waals surface area contributed by atoms with Crippen molar-refractivity contribution in [2.45, 2.75) is 19.3 Å². The Labute approximate surface area is 354 Å². The Hall–Kier alpha value is -6.37. The molecule has 1 radical (unpaired) electrons. The molecule has 0 N–H and O–H groups in total. The molecule has 0 aliphatic heterocycles. The minimum atomic E-state index is -0.172. The van der Waals surface area contributed by atoms with Gasteiger partial charge in [0.25, 0.3) is 0 Å². The second-order valence-corrected chi connectivity index (χ2v) is 16.0. The van der Waals surface area contributed by atoms with Crippen molar-refractivity contribution in [3.8, 4) is 72.7 Å². The molecule has 4 aromatic heterocycles. The minimum absolute atomic E-state index is 0. The van der Waals surface area contributed by atoms with Crippen molar-refractivity contribution in [2.75, 3.05) is 0 Å². The average molecular weight is 941 g/mol. The van der Waals surface area contributed by atoms with Crippen molar-refractivity contribution in [1.82, 2.24) is 24.5 Å². The second kappa shape index (κ2) is 14.2. The van der Waals surface area contributed by atoms with Crippen LogP contribution < -0.4 is 0 Å². The van der Waals surface area contributed by atoms with Crippen molar-refractivity contribution in [3.63, 3.8) is 0 Å². The number of nitrogens with zero attached hydrogens (tertiary/aromatic N) is 5. The third kappa shape index (κ3) is 5.93. The summed E-state index contributed by atoms with van der Waals surface area (Å²) in [7, 11) is 0. The Morgan fingerprint density at radius 2 is 1.26 bits per heavy atom. The molecular formula is C51H34IrN5S-. The predicted molar refractivity (Wildman–Crippen MR) is 233 cm³/mol. The second-order valence-electron chi connectivity index (χ2n) is 15.1. The van der Waals surface area contributed by atoms with Crippen LogP contribution in [0.2, 0.25) is 0 Å². The van der Waals surface area contributed by atoms with Gasteiger partial charge in [-0.1, -0.05) is 123 Å². The van der Waals surface area contributed by atoms with Crippen molar-refractivity contribution in [2.24, 2.45) is 0 Å². The van der Waals surface area contributed by atoms with Gasteiger partial charge in [0.2, 0.25) is 5.95 Å². The van der Waals surface area contributed by atoms with Crippen molar-refractivity contribution < 1.29 is 20.1 Å². The van der Waals surface area contributed by atoms with Crippen molar-refractivity contribution in [3.05, 3.63) is 186 Å². The largest absolute Gasteiger partial charge is 0.305 e. The number of hydrogen-bond donors (Lipinski definition) is 0. The molecule has 0 amide bonds. The van der Waals surface area contributed by atoms with Gasteiger partial charge in [-0.2, -0.15) is 9.97 Å². The number of rotatable bonds is 6. The summed E-state index contributed by atoms with van der Waals surface area (Å²) in [6, 6.07) is 58.7. The number of fused-ring (bicyclic) bond motifs is 6. The fourth-order valence-corrected chi connectivity index (χ4v) is 9.35. The van der Waals surface area contributed by atoms with Crippen LogP contribution in [0.4, 0.5) is 0 Å². The molecule has 4 heterocycles. The van der Waals surface area contributed by atoms with Gasteiger partial charge < -0.3 is 4.98 Å². The summed E-state index contributed by atoms with van der Waals surface area (Å²) in [5.74, 6) is 1.86. The molecule has 10 aromatic rings. The van der Waals surface area contributed by atoms with Gasteiger partial charge in [-0.25, -0.2) is 4.98 Å². The number of aromatic nitrogens is 5. The first kappa shape index (κ1) is 36.0. The Kier molecular flexibility index (Phi) is 8.83. The zero-order valence-corrected chi connectivity index (χ0v) is 34.9. The first-order valence-electron chi connectivity index (χ1n) is 19.1. The maximum Gasteiger partial charge on any atom is 0.238 e. The van der Waals surface area contributed by atoms with Crippen LogP contribution in [0.1, 0.15) is 25.0 Å². The first-order chi connectivity index (χ1) is 28.0. The minimum Gasteiger partial charge on any atom is -0.305 e. The van der Waals surface area contributed by atoms with Gasteiger partial charge in [-0.05, 0) is 80.9 Å². The van der Waals surface area contributed by atoms with Crippen LogP contribution >= 0.6 is 11.3 Å². The molecular weight excluding hydrogens is 907 g/mol. The third-order valence-electron chi connectivity index (χ3n) is 11.3. The molecule has 279 valence electrons. The molecule has 0 saturated carbocycles. The van der Waals surface area contributed by atoms with E-state index >= 15 is 0 Å². The normalized spacial score (nSPS) is 12.7. The molecule has 11 rings (SSSR count). The molecule has 0 saturated heterocycles. The maximum absolute atomic E-state index is 5.22. The molecule has 7 heteroatoms. The Balaban J connectivity index is 0.00000408. The summed E-state index contributed by atoms with van der Waals surface area (Å²) in [4.78, 5) is 21.2. The van der Waals surface area contributed by atoms with Crippen LogP contribution in [0.3, 0.4) is 0 Å². The van der Waals surface area contributed by atoms with E-state index in [4.69, 9.17) is 15.0 Å². The van der Waals surface area contributed by atoms with Crippen LogP contribution in [0.25, 0.3) is 94.5 Å². The fourth-order valence-electron chi connectivity index (χ4n) is 8.43. The van der Waals surface area contributed by atoms with E-state index in [1.807, 2.05) is 66.9 Å². The van der Waals surface area contributed by atoms with Crippen LogP contribution in [0.15, 0.2) is 169 Å². The summed E-state index contributed by atoms with van der Waals surface area (Å²) in [6.07, 6.45) is 1.82. The fraction of sp³-hybridized carbons (Fsp3) is 0.0588. The van der Waals surface area contributed by atoms with Gasteiger partial charge in [-0.15, -0.1) is 41.2 Å². The quantitative estimate of drug-likeness (QED) is 0.156. The Morgan fingerprint density at radius 1 is 0.552 bits per heavy atom. The molecule has 0 spiro atoms. The van der Waals surface area contributed by atoms with Gasteiger partial charge in [0.1, 0.15) is 0 Å². The number of thiophene rings is 1. The average Bonchev–Trinajstić information content (AvgIpc) is 3.95. The molecule has 1 aliphatic carbocycles. The van der Waals surface area contributed by atoms with Crippen LogP contribution in [-0.4, -0.2) is 24.5 Å². The SMILES string of the molecule is CC1(C)c2ccccc2-c2cc3c4cc(-c5csc(-c6cc[c-]c(-c7ccccn7)c6)c5)ccc4n(-c4nc(-c5ccccc5)nc(-c5ccccc5)n4)c3cc21.[Ir]. The molecule has 58 heavy (non-hydrogen) atoms. The smallest absolute Gasteiger partial charge is 0.238 e. The van der Waals surface area contributed by atoms with Gasteiger partial charge in [0, 0.05) is 58.5 Å². The van der Waals surface area contributed by atoms with E-state index in [0.29, 0.717) is 17.6 Å².